The summed E-state index contributed by atoms with van der Waals surface area (Å²) in [6.45, 7) is 2.15. The van der Waals surface area contributed by atoms with E-state index in [-0.39, 0.29) is 5.82 Å². The second-order valence-corrected chi connectivity index (χ2v) is 5.52. The van der Waals surface area contributed by atoms with Crippen LogP contribution in [0, 0.1) is 5.82 Å². The highest BCUT2D eigenvalue weighted by Gasteiger charge is 2.11. The Labute approximate surface area is 136 Å². The van der Waals surface area contributed by atoms with Gasteiger partial charge in [-0.25, -0.2) is 14.4 Å². The first-order valence-electron chi connectivity index (χ1n) is 7.96. The van der Waals surface area contributed by atoms with Gasteiger partial charge in [-0.3, -0.25) is 0 Å². The van der Waals surface area contributed by atoms with Crippen molar-refractivity contribution in [3.63, 3.8) is 0 Å². The van der Waals surface area contributed by atoms with Crippen LogP contribution in [0.25, 0.3) is 22.6 Å². The fourth-order valence-electron chi connectivity index (χ4n) is 2.51. The van der Waals surface area contributed by atoms with Crippen molar-refractivity contribution in [1.82, 2.24) is 9.97 Å². The van der Waals surface area contributed by atoms with Gasteiger partial charge in [0.2, 0.25) is 0 Å². The lowest BCUT2D eigenvalue weighted by molar-refractivity contribution is 0.630. The summed E-state index contributed by atoms with van der Waals surface area (Å²) in [5, 5.41) is 0. The molecule has 0 spiro atoms. The molecule has 2 aromatic carbocycles. The molecule has 0 bridgehead atoms. The summed E-state index contributed by atoms with van der Waals surface area (Å²) in [6, 6.07) is 18.5. The van der Waals surface area contributed by atoms with Gasteiger partial charge in [0.15, 0.2) is 5.82 Å². The molecule has 1 aromatic heterocycles. The molecule has 0 radical (unpaired) electrons. The quantitative estimate of drug-likeness (QED) is 0.640. The molecule has 116 valence electrons. The third-order valence-electron chi connectivity index (χ3n) is 3.75. The van der Waals surface area contributed by atoms with Crippen LogP contribution in [-0.2, 0) is 6.42 Å². The van der Waals surface area contributed by atoms with E-state index in [1.807, 2.05) is 42.5 Å². The summed E-state index contributed by atoms with van der Waals surface area (Å²) in [5.41, 5.74) is 3.07. The summed E-state index contributed by atoms with van der Waals surface area (Å²) in [4.78, 5) is 9.25. The Morgan fingerprint density at radius 3 is 2.39 bits per heavy atom. The largest absolute Gasteiger partial charge is 0.233 e. The van der Waals surface area contributed by atoms with Crippen LogP contribution < -0.4 is 0 Å². The molecule has 0 saturated heterocycles. The second-order valence-electron chi connectivity index (χ2n) is 5.52. The summed E-state index contributed by atoms with van der Waals surface area (Å²) in [6.07, 6.45) is 3.03. The number of hydrogen-bond donors (Lipinski definition) is 0. The van der Waals surface area contributed by atoms with Crippen molar-refractivity contribution in [2.24, 2.45) is 0 Å². The van der Waals surface area contributed by atoms with Crippen molar-refractivity contribution in [2.45, 2.75) is 26.2 Å². The maximum Gasteiger partial charge on any atom is 0.160 e. The molecule has 0 atom stereocenters. The van der Waals surface area contributed by atoms with Crippen LogP contribution in [0.4, 0.5) is 4.39 Å². The van der Waals surface area contributed by atoms with Crippen LogP contribution in [0.15, 0.2) is 60.7 Å². The summed E-state index contributed by atoms with van der Waals surface area (Å²) >= 11 is 0. The molecule has 1 heterocycles. The zero-order valence-electron chi connectivity index (χ0n) is 13.2. The van der Waals surface area contributed by atoms with E-state index in [1.54, 1.807) is 12.1 Å². The van der Waals surface area contributed by atoms with Crippen molar-refractivity contribution >= 4 is 0 Å². The SMILES string of the molecule is CCCCc1cc(-c2ccccc2F)nc(-c2ccccc2)n1. The van der Waals surface area contributed by atoms with Gasteiger partial charge in [-0.05, 0) is 31.0 Å². The fraction of sp³-hybridized carbons (Fsp3) is 0.200. The molecule has 0 amide bonds. The minimum absolute atomic E-state index is 0.258. The molecular weight excluding hydrogens is 287 g/mol. The Kier molecular flexibility index (Phi) is 4.77. The minimum Gasteiger partial charge on any atom is -0.233 e. The molecule has 0 N–H and O–H groups in total. The third-order valence-corrected chi connectivity index (χ3v) is 3.75. The fourth-order valence-corrected chi connectivity index (χ4v) is 2.51. The van der Waals surface area contributed by atoms with Crippen LogP contribution in [0.3, 0.4) is 0 Å². The Balaban J connectivity index is 2.10. The Morgan fingerprint density at radius 2 is 1.65 bits per heavy atom. The number of aryl methyl sites for hydroxylation is 1. The second kappa shape index (κ2) is 7.14. The van der Waals surface area contributed by atoms with E-state index in [9.17, 15) is 4.39 Å². The zero-order chi connectivity index (χ0) is 16.1. The zero-order valence-corrected chi connectivity index (χ0v) is 13.2. The normalized spacial score (nSPS) is 10.7. The van der Waals surface area contributed by atoms with Gasteiger partial charge in [0.25, 0.3) is 0 Å². The maximum atomic E-state index is 14.1. The molecule has 2 nitrogen and oxygen atoms in total. The average Bonchev–Trinajstić information content (AvgIpc) is 2.61. The molecule has 23 heavy (non-hydrogen) atoms. The predicted molar refractivity (Wildman–Crippen MR) is 91.5 cm³/mol. The summed E-state index contributed by atoms with van der Waals surface area (Å²) in [5.74, 6) is 0.393. The van der Waals surface area contributed by atoms with Gasteiger partial charge in [0.1, 0.15) is 5.82 Å². The third kappa shape index (κ3) is 3.62. The van der Waals surface area contributed by atoms with E-state index in [2.05, 4.69) is 16.9 Å². The van der Waals surface area contributed by atoms with E-state index >= 15 is 0 Å². The standard InChI is InChI=1S/C20H19FN2/c1-2-3-11-16-14-19(17-12-7-8-13-18(17)21)23-20(22-16)15-9-5-4-6-10-15/h4-10,12-14H,2-3,11H2,1H3. The molecule has 0 saturated carbocycles. The van der Waals surface area contributed by atoms with Gasteiger partial charge in [0.05, 0.1) is 5.69 Å². The Bertz CT molecular complexity index is 785. The first-order chi connectivity index (χ1) is 11.3. The van der Waals surface area contributed by atoms with Crippen LogP contribution in [0.5, 0.6) is 0 Å². The van der Waals surface area contributed by atoms with Crippen molar-refractivity contribution in [2.75, 3.05) is 0 Å². The molecule has 0 aliphatic rings. The smallest absolute Gasteiger partial charge is 0.160 e. The average molecular weight is 306 g/mol. The first kappa shape index (κ1) is 15.3. The lowest BCUT2D eigenvalue weighted by atomic mass is 10.1. The topological polar surface area (TPSA) is 25.8 Å². The lowest BCUT2D eigenvalue weighted by Gasteiger charge is -2.09. The van der Waals surface area contributed by atoms with Crippen LogP contribution in [0.2, 0.25) is 0 Å². The van der Waals surface area contributed by atoms with Crippen molar-refractivity contribution in [1.29, 1.82) is 0 Å². The molecule has 0 unspecified atom stereocenters. The molecular formula is C20H19FN2. The molecule has 0 fully saturated rings. The predicted octanol–water partition coefficient (Wildman–Crippen LogP) is 5.29. The van der Waals surface area contributed by atoms with Crippen molar-refractivity contribution in [3.05, 3.63) is 72.2 Å². The number of benzene rings is 2. The molecule has 0 aliphatic carbocycles. The molecule has 3 heteroatoms. The van der Waals surface area contributed by atoms with Gasteiger partial charge < -0.3 is 0 Å². The van der Waals surface area contributed by atoms with Crippen molar-refractivity contribution < 1.29 is 4.39 Å². The number of nitrogens with zero attached hydrogens (tertiary/aromatic N) is 2. The van der Waals surface area contributed by atoms with Gasteiger partial charge >= 0.3 is 0 Å². The van der Waals surface area contributed by atoms with Gasteiger partial charge in [-0.15, -0.1) is 0 Å². The highest BCUT2D eigenvalue weighted by Crippen LogP contribution is 2.25. The monoisotopic (exact) mass is 306 g/mol. The number of aromatic nitrogens is 2. The number of unbranched alkanes of at least 4 members (excludes halogenated alkanes) is 1. The van der Waals surface area contributed by atoms with Gasteiger partial charge in [-0.1, -0.05) is 55.8 Å². The van der Waals surface area contributed by atoms with Crippen molar-refractivity contribution in [3.8, 4) is 22.6 Å². The van der Waals surface area contributed by atoms with E-state index < -0.39 is 0 Å². The highest BCUT2D eigenvalue weighted by atomic mass is 19.1. The number of rotatable bonds is 5. The van der Waals surface area contributed by atoms with Crippen LogP contribution >= 0.6 is 0 Å². The van der Waals surface area contributed by atoms with Crippen LogP contribution in [-0.4, -0.2) is 9.97 Å². The van der Waals surface area contributed by atoms with E-state index in [0.29, 0.717) is 17.1 Å². The number of halogens is 1. The first-order valence-corrected chi connectivity index (χ1v) is 7.96. The van der Waals surface area contributed by atoms with Gasteiger partial charge in [-0.2, -0.15) is 0 Å². The van der Waals surface area contributed by atoms with E-state index in [0.717, 1.165) is 30.5 Å². The molecule has 3 aromatic rings. The Hall–Kier alpha value is -2.55. The number of hydrogen-bond acceptors (Lipinski definition) is 2. The van der Waals surface area contributed by atoms with Gasteiger partial charge in [0, 0.05) is 16.8 Å². The summed E-state index contributed by atoms with van der Waals surface area (Å²) < 4.78 is 14.1. The summed E-state index contributed by atoms with van der Waals surface area (Å²) in [7, 11) is 0. The lowest BCUT2D eigenvalue weighted by Crippen LogP contribution is -1.99. The maximum absolute atomic E-state index is 14.1. The van der Waals surface area contributed by atoms with Crippen LogP contribution in [0.1, 0.15) is 25.5 Å². The minimum atomic E-state index is -0.258. The van der Waals surface area contributed by atoms with E-state index in [4.69, 9.17) is 0 Å². The van der Waals surface area contributed by atoms with E-state index in [1.165, 1.54) is 6.07 Å². The molecule has 3 rings (SSSR count). The Morgan fingerprint density at radius 1 is 0.913 bits per heavy atom. The molecule has 0 aliphatic heterocycles. The highest BCUT2D eigenvalue weighted by molar-refractivity contribution is 5.64.